The lowest BCUT2D eigenvalue weighted by molar-refractivity contribution is -0.164. The van der Waals surface area contributed by atoms with Crippen LogP contribution in [-0.2, 0) is 9.59 Å². The summed E-state index contributed by atoms with van der Waals surface area (Å²) in [6.07, 6.45) is 4.25. The van der Waals surface area contributed by atoms with Crippen molar-refractivity contribution in [3.63, 3.8) is 0 Å². The molecule has 4 amide bonds. The Kier molecular flexibility index (Phi) is 11.6. The summed E-state index contributed by atoms with van der Waals surface area (Å²) in [7, 11) is 1.54. The van der Waals surface area contributed by atoms with Gasteiger partial charge in [0, 0.05) is 86.4 Å². The molecule has 14 nitrogen and oxygen atoms in total. The van der Waals surface area contributed by atoms with E-state index in [4.69, 9.17) is 9.47 Å². The standard InChI is InChI=1S/C44H54N8O6/c1-43(2)41(44(3,4)42(43)58-33-12-8-30(25-45)36(24-33)57-5)49-38(54)29-6-9-31(10-7-29)51-18-16-28(17-19-51)27-50-20-22-52(23-21-50)32-11-13-34(46-26-32)39(55)47-35-14-15-37(53)48-40(35)56/h6-13,24,26,28,35,41-42H,14-23,27H2,1-5H3,(H,47,55)(H,49,54)(H,48,53,56)/t35?,41-,42-. The third-order valence-electron chi connectivity index (χ3n) is 12.6. The third-order valence-corrected chi connectivity index (χ3v) is 12.6. The molecule has 0 radical (unpaired) electrons. The van der Waals surface area contributed by atoms with Crippen LogP contribution in [-0.4, -0.2) is 105 Å². The van der Waals surface area contributed by atoms with Crippen molar-refractivity contribution in [2.75, 3.05) is 62.7 Å². The van der Waals surface area contributed by atoms with Crippen LogP contribution in [0.25, 0.3) is 0 Å². The number of amides is 4. The highest BCUT2D eigenvalue weighted by Crippen LogP contribution is 2.55. The number of benzene rings is 2. The fourth-order valence-corrected chi connectivity index (χ4v) is 9.51. The first-order valence-electron chi connectivity index (χ1n) is 20.3. The fraction of sp³-hybridized carbons (Fsp3) is 0.500. The summed E-state index contributed by atoms with van der Waals surface area (Å²) in [5.41, 5.74) is 2.73. The molecule has 0 bridgehead atoms. The van der Waals surface area contributed by atoms with E-state index in [2.05, 4.69) is 81.5 Å². The van der Waals surface area contributed by atoms with Crippen LogP contribution < -0.4 is 35.2 Å². The van der Waals surface area contributed by atoms with E-state index in [1.807, 2.05) is 18.2 Å². The summed E-state index contributed by atoms with van der Waals surface area (Å²) in [5, 5.41) is 17.6. The summed E-state index contributed by atoms with van der Waals surface area (Å²) in [6.45, 7) is 15.1. The number of pyridine rings is 1. The summed E-state index contributed by atoms with van der Waals surface area (Å²) in [6, 6.07) is 18.1. The lowest BCUT2D eigenvalue weighted by Gasteiger charge is -2.63. The van der Waals surface area contributed by atoms with E-state index in [-0.39, 0.29) is 53.3 Å². The second kappa shape index (κ2) is 16.7. The Hall–Kier alpha value is -5.68. The predicted octanol–water partition coefficient (Wildman–Crippen LogP) is 4.15. The Morgan fingerprint density at radius 3 is 2.16 bits per heavy atom. The molecule has 2 aromatic carbocycles. The quantitative estimate of drug-likeness (QED) is 0.239. The highest BCUT2D eigenvalue weighted by atomic mass is 16.5. The molecular weight excluding hydrogens is 737 g/mol. The van der Waals surface area contributed by atoms with E-state index in [0.717, 1.165) is 70.0 Å². The number of methoxy groups -OCH3 is 1. The average Bonchev–Trinajstić information content (AvgIpc) is 3.23. The molecule has 3 N–H and O–H groups in total. The first-order valence-corrected chi connectivity index (χ1v) is 20.3. The minimum absolute atomic E-state index is 0.0993. The molecule has 1 aromatic heterocycles. The van der Waals surface area contributed by atoms with Gasteiger partial charge in [-0.25, -0.2) is 4.98 Å². The zero-order chi connectivity index (χ0) is 41.2. The summed E-state index contributed by atoms with van der Waals surface area (Å²) in [4.78, 5) is 61.2. The Morgan fingerprint density at radius 2 is 1.53 bits per heavy atom. The predicted molar refractivity (Wildman–Crippen MR) is 219 cm³/mol. The number of hydrogen-bond donors (Lipinski definition) is 3. The molecule has 7 rings (SSSR count). The fourth-order valence-electron chi connectivity index (χ4n) is 9.51. The maximum absolute atomic E-state index is 13.5. The van der Waals surface area contributed by atoms with Gasteiger partial charge in [-0.2, -0.15) is 5.26 Å². The molecule has 4 fully saturated rings. The van der Waals surface area contributed by atoms with Gasteiger partial charge in [-0.05, 0) is 73.7 Å². The third kappa shape index (κ3) is 8.45. The Morgan fingerprint density at radius 1 is 0.862 bits per heavy atom. The van der Waals surface area contributed by atoms with Gasteiger partial charge in [0.25, 0.3) is 11.8 Å². The Balaban J connectivity index is 0.835. The number of ether oxygens (including phenoxy) is 2. The second-order valence-electron chi connectivity index (χ2n) is 17.2. The van der Waals surface area contributed by atoms with Gasteiger partial charge in [0.05, 0.1) is 24.6 Å². The van der Waals surface area contributed by atoms with Gasteiger partial charge >= 0.3 is 0 Å². The lowest BCUT2D eigenvalue weighted by atomic mass is 9.49. The molecule has 1 saturated carbocycles. The van der Waals surface area contributed by atoms with Crippen molar-refractivity contribution >= 4 is 35.0 Å². The normalized spacial score (nSPS) is 23.2. The summed E-state index contributed by atoms with van der Waals surface area (Å²) >= 11 is 0. The monoisotopic (exact) mass is 790 g/mol. The first-order chi connectivity index (χ1) is 27.8. The van der Waals surface area contributed by atoms with Gasteiger partial charge in [0.15, 0.2) is 0 Å². The number of nitrogens with one attached hydrogen (secondary N) is 3. The zero-order valence-corrected chi connectivity index (χ0v) is 34.0. The second-order valence-corrected chi connectivity index (χ2v) is 17.2. The van der Waals surface area contributed by atoms with Crippen LogP contribution in [0.3, 0.4) is 0 Å². The number of aromatic nitrogens is 1. The highest BCUT2D eigenvalue weighted by Gasteiger charge is 2.64. The van der Waals surface area contributed by atoms with E-state index in [1.54, 1.807) is 30.5 Å². The number of nitrogens with zero attached hydrogens (tertiary/aromatic N) is 5. The van der Waals surface area contributed by atoms with E-state index >= 15 is 0 Å². The molecule has 306 valence electrons. The number of imide groups is 1. The van der Waals surface area contributed by atoms with Gasteiger partial charge in [-0.15, -0.1) is 0 Å². The van der Waals surface area contributed by atoms with Crippen LogP contribution in [0.15, 0.2) is 60.8 Å². The van der Waals surface area contributed by atoms with Crippen molar-refractivity contribution in [3.8, 4) is 17.6 Å². The van der Waals surface area contributed by atoms with E-state index in [0.29, 0.717) is 28.5 Å². The molecule has 14 heteroatoms. The number of nitriles is 1. The van der Waals surface area contributed by atoms with Gasteiger partial charge in [-0.3, -0.25) is 29.4 Å². The van der Waals surface area contributed by atoms with Crippen molar-refractivity contribution in [2.45, 2.75) is 71.6 Å². The van der Waals surface area contributed by atoms with Crippen LogP contribution in [0.4, 0.5) is 11.4 Å². The molecule has 1 unspecified atom stereocenters. The molecule has 3 aromatic rings. The summed E-state index contributed by atoms with van der Waals surface area (Å²) < 4.78 is 11.8. The van der Waals surface area contributed by atoms with Crippen LogP contribution in [0.2, 0.25) is 0 Å². The lowest BCUT2D eigenvalue weighted by Crippen LogP contribution is -2.74. The number of piperazine rings is 1. The van der Waals surface area contributed by atoms with Crippen LogP contribution in [0, 0.1) is 28.1 Å². The maximum atomic E-state index is 13.5. The van der Waals surface area contributed by atoms with Crippen molar-refractivity contribution in [1.29, 1.82) is 5.26 Å². The highest BCUT2D eigenvalue weighted by molar-refractivity contribution is 6.03. The minimum Gasteiger partial charge on any atom is -0.495 e. The van der Waals surface area contributed by atoms with Crippen molar-refractivity contribution in [1.82, 2.24) is 25.8 Å². The maximum Gasteiger partial charge on any atom is 0.270 e. The van der Waals surface area contributed by atoms with Gasteiger partial charge in [0.2, 0.25) is 11.8 Å². The molecular formula is C44H54N8O6. The SMILES string of the molecule is COc1cc(O[C@H]2C(C)(C)[C@H](NC(=O)c3ccc(N4CCC(CN5CCN(c6ccc(C(=O)NC7CCC(=O)NC7=O)nc6)CC5)CC4)cc3)C2(C)C)ccc1C#N. The van der Waals surface area contributed by atoms with Gasteiger partial charge in [-0.1, -0.05) is 27.7 Å². The van der Waals surface area contributed by atoms with E-state index < -0.39 is 17.9 Å². The number of rotatable bonds is 11. The first kappa shape index (κ1) is 40.5. The topological polar surface area (TPSA) is 169 Å². The van der Waals surface area contributed by atoms with Crippen LogP contribution in [0.5, 0.6) is 11.5 Å². The molecule has 1 aliphatic carbocycles. The zero-order valence-electron chi connectivity index (χ0n) is 34.0. The number of anilines is 2. The molecule has 1 atom stereocenters. The molecule has 4 heterocycles. The smallest absolute Gasteiger partial charge is 0.270 e. The van der Waals surface area contributed by atoms with Crippen molar-refractivity contribution < 1.29 is 28.7 Å². The molecule has 3 aliphatic heterocycles. The largest absolute Gasteiger partial charge is 0.495 e. The average molecular weight is 791 g/mol. The van der Waals surface area contributed by atoms with Crippen LogP contribution in [0.1, 0.15) is 79.8 Å². The molecule has 3 saturated heterocycles. The number of hydrogen-bond acceptors (Lipinski definition) is 11. The van der Waals surface area contributed by atoms with Crippen molar-refractivity contribution in [3.05, 3.63) is 77.6 Å². The molecule has 4 aliphatic rings. The van der Waals surface area contributed by atoms with E-state index in [1.165, 1.54) is 7.11 Å². The minimum atomic E-state index is -0.733. The van der Waals surface area contributed by atoms with Gasteiger partial charge < -0.3 is 29.9 Å². The Labute approximate surface area is 340 Å². The Bertz CT molecular complexity index is 2030. The van der Waals surface area contributed by atoms with Crippen molar-refractivity contribution in [2.24, 2.45) is 16.7 Å². The number of carbonyl (C=O) groups is 4. The van der Waals surface area contributed by atoms with E-state index in [9.17, 15) is 24.4 Å². The van der Waals surface area contributed by atoms with Gasteiger partial charge in [0.1, 0.15) is 35.4 Å². The molecule has 58 heavy (non-hydrogen) atoms. The molecule has 0 spiro atoms. The summed E-state index contributed by atoms with van der Waals surface area (Å²) in [5.74, 6) is 0.388. The van der Waals surface area contributed by atoms with Crippen LogP contribution >= 0.6 is 0 Å². The number of piperidine rings is 2. The number of carbonyl (C=O) groups excluding carboxylic acids is 4.